The summed E-state index contributed by atoms with van der Waals surface area (Å²) >= 11 is 0. The van der Waals surface area contributed by atoms with Crippen LogP contribution in [0.4, 0.5) is 0 Å². The minimum atomic E-state index is -0.526. The minimum Gasteiger partial charge on any atom is -0.493 e. The van der Waals surface area contributed by atoms with Crippen LogP contribution in [0.15, 0.2) is 60.0 Å². The van der Waals surface area contributed by atoms with Gasteiger partial charge in [-0.1, -0.05) is 18.2 Å². The van der Waals surface area contributed by atoms with Crippen LogP contribution in [0.25, 0.3) is 0 Å². The third-order valence-electron chi connectivity index (χ3n) is 5.97. The van der Waals surface area contributed by atoms with Crippen molar-refractivity contribution in [3.63, 3.8) is 0 Å². The molecule has 0 saturated carbocycles. The lowest BCUT2D eigenvalue weighted by molar-refractivity contribution is -0.0211. The summed E-state index contributed by atoms with van der Waals surface area (Å²) in [6.07, 6.45) is 3.78. The fourth-order valence-corrected chi connectivity index (χ4v) is 4.42. The van der Waals surface area contributed by atoms with Crippen molar-refractivity contribution in [2.24, 2.45) is 5.10 Å². The van der Waals surface area contributed by atoms with Crippen LogP contribution >= 0.6 is 0 Å². The molecule has 0 saturated heterocycles. The molecule has 0 N–H and O–H groups in total. The van der Waals surface area contributed by atoms with Crippen LogP contribution in [-0.2, 0) is 0 Å². The zero-order valence-corrected chi connectivity index (χ0v) is 18.9. The van der Waals surface area contributed by atoms with E-state index in [9.17, 15) is 0 Å². The summed E-state index contributed by atoms with van der Waals surface area (Å²) in [6, 6.07) is 13.6. The maximum atomic E-state index is 6.54. The maximum absolute atomic E-state index is 6.54. The van der Waals surface area contributed by atoms with E-state index in [0.29, 0.717) is 28.7 Å². The monoisotopic (exact) mass is 447 g/mol. The molecule has 0 spiro atoms. The van der Waals surface area contributed by atoms with E-state index >= 15 is 0 Å². The number of rotatable bonds is 6. The smallest absolute Gasteiger partial charge is 0.214 e. The molecule has 0 aliphatic carbocycles. The number of hydrazone groups is 1. The van der Waals surface area contributed by atoms with Crippen LogP contribution in [0.3, 0.4) is 0 Å². The van der Waals surface area contributed by atoms with E-state index in [1.54, 1.807) is 34.6 Å². The fraction of sp³-hybridized carbons (Fsp3) is 0.280. The zero-order chi connectivity index (χ0) is 22.9. The number of pyridine rings is 1. The van der Waals surface area contributed by atoms with Gasteiger partial charge in [0.05, 0.1) is 40.2 Å². The van der Waals surface area contributed by atoms with Gasteiger partial charge in [-0.05, 0) is 24.3 Å². The van der Waals surface area contributed by atoms with Gasteiger partial charge in [-0.15, -0.1) is 0 Å². The average Bonchev–Trinajstić information content (AvgIpc) is 3.33. The van der Waals surface area contributed by atoms with Gasteiger partial charge < -0.3 is 23.7 Å². The highest BCUT2D eigenvalue weighted by Gasteiger charge is 2.42. The Balaban J connectivity index is 1.66. The zero-order valence-electron chi connectivity index (χ0n) is 18.9. The molecule has 2 aliphatic rings. The highest BCUT2D eigenvalue weighted by atomic mass is 16.5. The molecule has 3 aromatic rings. The Morgan fingerprint density at radius 3 is 2.30 bits per heavy atom. The van der Waals surface area contributed by atoms with Crippen molar-refractivity contribution in [3.8, 4) is 28.7 Å². The highest BCUT2D eigenvalue weighted by Crippen LogP contribution is 2.52. The summed E-state index contributed by atoms with van der Waals surface area (Å²) in [5, 5.41) is 6.97. The summed E-state index contributed by atoms with van der Waals surface area (Å²) in [7, 11) is 6.42. The molecule has 0 fully saturated rings. The van der Waals surface area contributed by atoms with Crippen molar-refractivity contribution in [2.45, 2.75) is 18.7 Å². The first kappa shape index (κ1) is 20.9. The SMILES string of the molecule is COc1cc([C@H]2Oc3c(OC)cccc3[C@H]3CC(c4cccnc4)=NN32)cc(OC)c1OC. The van der Waals surface area contributed by atoms with Gasteiger partial charge in [0.1, 0.15) is 0 Å². The minimum absolute atomic E-state index is 0.0249. The van der Waals surface area contributed by atoms with Crippen molar-refractivity contribution in [3.05, 3.63) is 71.5 Å². The van der Waals surface area contributed by atoms with E-state index in [1.165, 1.54) is 0 Å². The van der Waals surface area contributed by atoms with E-state index in [1.807, 2.05) is 47.6 Å². The van der Waals surface area contributed by atoms with Crippen molar-refractivity contribution in [1.82, 2.24) is 9.99 Å². The molecule has 2 atom stereocenters. The summed E-state index contributed by atoms with van der Waals surface area (Å²) in [6.45, 7) is 0. The van der Waals surface area contributed by atoms with Crippen molar-refractivity contribution < 1.29 is 23.7 Å². The molecule has 1 aromatic heterocycles. The number of aromatic nitrogens is 1. The molecule has 0 unspecified atom stereocenters. The molecule has 2 aromatic carbocycles. The first-order valence-electron chi connectivity index (χ1n) is 10.6. The highest BCUT2D eigenvalue weighted by molar-refractivity contribution is 6.01. The number of benzene rings is 2. The molecule has 0 bridgehead atoms. The van der Waals surface area contributed by atoms with Gasteiger partial charge in [0.25, 0.3) is 0 Å². The maximum Gasteiger partial charge on any atom is 0.214 e. The Kier molecular flexibility index (Phi) is 5.42. The van der Waals surface area contributed by atoms with Gasteiger partial charge in [-0.2, -0.15) is 5.10 Å². The van der Waals surface area contributed by atoms with Crippen molar-refractivity contribution >= 4 is 5.71 Å². The van der Waals surface area contributed by atoms with E-state index in [0.717, 1.165) is 28.8 Å². The van der Waals surface area contributed by atoms with E-state index in [4.69, 9.17) is 28.8 Å². The van der Waals surface area contributed by atoms with Crippen LogP contribution < -0.4 is 23.7 Å². The largest absolute Gasteiger partial charge is 0.493 e. The number of nitrogens with zero attached hydrogens (tertiary/aromatic N) is 3. The third-order valence-corrected chi connectivity index (χ3v) is 5.97. The Morgan fingerprint density at radius 1 is 0.909 bits per heavy atom. The molecule has 8 heteroatoms. The van der Waals surface area contributed by atoms with E-state index in [-0.39, 0.29) is 6.04 Å². The summed E-state index contributed by atoms with van der Waals surface area (Å²) in [4.78, 5) is 4.26. The summed E-state index contributed by atoms with van der Waals surface area (Å²) in [5.74, 6) is 3.01. The summed E-state index contributed by atoms with van der Waals surface area (Å²) < 4.78 is 28.8. The average molecular weight is 447 g/mol. The first-order chi connectivity index (χ1) is 16.2. The second-order valence-corrected chi connectivity index (χ2v) is 7.70. The lowest BCUT2D eigenvalue weighted by Gasteiger charge is -2.38. The predicted octanol–water partition coefficient (Wildman–Crippen LogP) is 4.36. The molecule has 0 radical (unpaired) electrons. The van der Waals surface area contributed by atoms with Crippen LogP contribution in [0.1, 0.15) is 35.4 Å². The number of hydrogen-bond acceptors (Lipinski definition) is 8. The molecular weight excluding hydrogens is 422 g/mol. The van der Waals surface area contributed by atoms with Crippen LogP contribution in [0.2, 0.25) is 0 Å². The molecule has 3 heterocycles. The normalized spacial score (nSPS) is 18.5. The number of para-hydroxylation sites is 1. The van der Waals surface area contributed by atoms with Crippen LogP contribution in [0.5, 0.6) is 28.7 Å². The molecule has 170 valence electrons. The van der Waals surface area contributed by atoms with Gasteiger partial charge in [-0.3, -0.25) is 4.98 Å². The Morgan fingerprint density at radius 2 is 1.67 bits per heavy atom. The van der Waals surface area contributed by atoms with Gasteiger partial charge in [0.15, 0.2) is 23.0 Å². The molecule has 0 amide bonds. The first-order valence-corrected chi connectivity index (χ1v) is 10.6. The van der Waals surface area contributed by atoms with Gasteiger partial charge in [0.2, 0.25) is 12.0 Å². The Bertz CT molecular complexity index is 1170. The fourth-order valence-electron chi connectivity index (χ4n) is 4.42. The number of fused-ring (bicyclic) bond motifs is 3. The standard InChI is InChI=1S/C25H25N3O5/c1-29-20-9-5-8-17-19-13-18(15-7-6-10-26-14-15)27-28(19)25(33-23(17)20)16-11-21(30-2)24(32-4)22(12-16)31-3/h5-12,14,19,25H,13H2,1-4H3/t19-,25-/m1/s1. The molecule has 33 heavy (non-hydrogen) atoms. The Hall–Kier alpha value is -3.94. The summed E-state index contributed by atoms with van der Waals surface area (Å²) in [5.41, 5.74) is 3.78. The molecule has 2 aliphatic heterocycles. The Labute approximate surface area is 192 Å². The van der Waals surface area contributed by atoms with Gasteiger partial charge in [0, 0.05) is 35.5 Å². The topological polar surface area (TPSA) is 74.6 Å². The number of ether oxygens (including phenoxy) is 5. The van der Waals surface area contributed by atoms with Crippen LogP contribution in [-0.4, -0.2) is 44.1 Å². The van der Waals surface area contributed by atoms with Gasteiger partial charge >= 0.3 is 0 Å². The quantitative estimate of drug-likeness (QED) is 0.556. The lowest BCUT2D eigenvalue weighted by atomic mass is 9.96. The second-order valence-electron chi connectivity index (χ2n) is 7.70. The van der Waals surface area contributed by atoms with Crippen molar-refractivity contribution in [1.29, 1.82) is 0 Å². The molecule has 5 rings (SSSR count). The van der Waals surface area contributed by atoms with Crippen molar-refractivity contribution in [2.75, 3.05) is 28.4 Å². The number of hydrogen-bond donors (Lipinski definition) is 0. The molecule has 8 nitrogen and oxygen atoms in total. The molecular formula is C25H25N3O5. The van der Waals surface area contributed by atoms with E-state index < -0.39 is 6.23 Å². The predicted molar refractivity (Wildman–Crippen MR) is 122 cm³/mol. The lowest BCUT2D eigenvalue weighted by Crippen LogP contribution is -2.34. The van der Waals surface area contributed by atoms with Gasteiger partial charge in [-0.25, -0.2) is 5.01 Å². The number of methoxy groups -OCH3 is 4. The van der Waals surface area contributed by atoms with Crippen LogP contribution in [0, 0.1) is 0 Å². The third kappa shape index (κ3) is 3.47. The van der Waals surface area contributed by atoms with E-state index in [2.05, 4.69) is 11.1 Å². The second kappa shape index (κ2) is 8.54.